The van der Waals surface area contributed by atoms with Crippen LogP contribution in [0.4, 0.5) is 17.3 Å². The lowest BCUT2D eigenvalue weighted by atomic mass is 9.82. The minimum absolute atomic E-state index is 0.134. The Morgan fingerprint density at radius 2 is 2.28 bits per heavy atom. The molecule has 0 aromatic carbocycles. The SMILES string of the molecule is CN(CC1CC(O)C1)c1ncnc(N)c1[N+](=O)[O-]. The van der Waals surface area contributed by atoms with Crippen LogP contribution in [0.25, 0.3) is 0 Å². The maximum Gasteiger partial charge on any atom is 0.353 e. The largest absolute Gasteiger partial charge is 0.393 e. The van der Waals surface area contributed by atoms with Crippen molar-refractivity contribution < 1.29 is 10.0 Å². The molecule has 8 nitrogen and oxygen atoms in total. The van der Waals surface area contributed by atoms with Crippen LogP contribution in [0.1, 0.15) is 12.8 Å². The number of aromatic nitrogens is 2. The summed E-state index contributed by atoms with van der Waals surface area (Å²) in [6, 6.07) is 0. The highest BCUT2D eigenvalue weighted by Crippen LogP contribution is 2.32. The Morgan fingerprint density at radius 1 is 1.61 bits per heavy atom. The molecule has 0 saturated heterocycles. The lowest BCUT2D eigenvalue weighted by Gasteiger charge is -2.34. The summed E-state index contributed by atoms with van der Waals surface area (Å²) in [5.41, 5.74) is 5.24. The Balaban J connectivity index is 2.16. The first-order chi connectivity index (χ1) is 8.49. The number of nitrogens with zero attached hydrogens (tertiary/aromatic N) is 4. The Bertz CT molecular complexity index is 461. The predicted molar refractivity (Wildman–Crippen MR) is 65.1 cm³/mol. The molecule has 1 aromatic rings. The van der Waals surface area contributed by atoms with E-state index in [1.54, 1.807) is 11.9 Å². The minimum atomic E-state index is -0.573. The normalized spacial score (nSPS) is 22.3. The number of rotatable bonds is 4. The number of nitrogens with two attached hydrogens (primary N) is 1. The molecule has 0 aliphatic heterocycles. The minimum Gasteiger partial charge on any atom is -0.393 e. The summed E-state index contributed by atoms with van der Waals surface area (Å²) < 4.78 is 0. The number of hydrogen-bond acceptors (Lipinski definition) is 7. The molecule has 0 atom stereocenters. The molecule has 18 heavy (non-hydrogen) atoms. The molecule has 1 heterocycles. The molecule has 0 radical (unpaired) electrons. The van der Waals surface area contributed by atoms with E-state index < -0.39 is 4.92 Å². The average molecular weight is 253 g/mol. The Hall–Kier alpha value is -1.96. The topological polar surface area (TPSA) is 118 Å². The zero-order valence-electron chi connectivity index (χ0n) is 9.98. The molecular formula is C10H15N5O3. The Labute approximate surface area is 104 Å². The van der Waals surface area contributed by atoms with Gasteiger partial charge in [-0.3, -0.25) is 10.1 Å². The van der Waals surface area contributed by atoms with Crippen molar-refractivity contribution in [2.75, 3.05) is 24.2 Å². The molecule has 0 spiro atoms. The fraction of sp³-hybridized carbons (Fsp3) is 0.600. The highest BCUT2D eigenvalue weighted by Gasteiger charge is 2.31. The molecule has 1 aliphatic rings. The van der Waals surface area contributed by atoms with Gasteiger partial charge in [0, 0.05) is 13.6 Å². The van der Waals surface area contributed by atoms with Gasteiger partial charge in [-0.05, 0) is 18.8 Å². The van der Waals surface area contributed by atoms with Crippen LogP contribution >= 0.6 is 0 Å². The first kappa shape index (κ1) is 12.5. The summed E-state index contributed by atoms with van der Waals surface area (Å²) in [5.74, 6) is 0.417. The number of aliphatic hydroxyl groups is 1. The van der Waals surface area contributed by atoms with Gasteiger partial charge in [0.25, 0.3) is 0 Å². The smallest absolute Gasteiger partial charge is 0.353 e. The molecule has 2 rings (SSSR count). The second-order valence-electron chi connectivity index (χ2n) is 4.56. The summed E-state index contributed by atoms with van der Waals surface area (Å²) in [6.45, 7) is 0.606. The van der Waals surface area contributed by atoms with Gasteiger partial charge in [0.15, 0.2) is 0 Å². The van der Waals surface area contributed by atoms with Gasteiger partial charge < -0.3 is 15.7 Å². The quantitative estimate of drug-likeness (QED) is 0.580. The molecule has 0 unspecified atom stereocenters. The van der Waals surface area contributed by atoms with Gasteiger partial charge in [0.2, 0.25) is 11.6 Å². The number of nitrogen functional groups attached to an aromatic ring is 1. The molecule has 1 fully saturated rings. The number of aliphatic hydroxyl groups excluding tert-OH is 1. The third-order valence-electron chi connectivity index (χ3n) is 3.12. The van der Waals surface area contributed by atoms with Crippen molar-refractivity contribution in [2.24, 2.45) is 5.92 Å². The third-order valence-corrected chi connectivity index (χ3v) is 3.12. The summed E-state index contributed by atoms with van der Waals surface area (Å²) >= 11 is 0. The van der Waals surface area contributed by atoms with Crippen LogP contribution < -0.4 is 10.6 Å². The monoisotopic (exact) mass is 253 g/mol. The van der Waals surface area contributed by atoms with Gasteiger partial charge >= 0.3 is 5.69 Å². The van der Waals surface area contributed by atoms with Crippen molar-refractivity contribution in [2.45, 2.75) is 18.9 Å². The van der Waals surface area contributed by atoms with Gasteiger partial charge in [-0.15, -0.1) is 0 Å². The predicted octanol–water partition coefficient (Wildman–Crippen LogP) is 0.174. The van der Waals surface area contributed by atoms with Crippen molar-refractivity contribution >= 4 is 17.3 Å². The van der Waals surface area contributed by atoms with Crippen LogP contribution in [0.5, 0.6) is 0 Å². The highest BCUT2D eigenvalue weighted by atomic mass is 16.6. The van der Waals surface area contributed by atoms with Crippen molar-refractivity contribution in [1.29, 1.82) is 0 Å². The summed E-state index contributed by atoms with van der Waals surface area (Å²) in [5, 5.41) is 20.2. The van der Waals surface area contributed by atoms with Crippen molar-refractivity contribution in [3.8, 4) is 0 Å². The lowest BCUT2D eigenvalue weighted by Crippen LogP contribution is -2.37. The molecule has 1 saturated carbocycles. The van der Waals surface area contributed by atoms with E-state index in [0.717, 1.165) is 12.8 Å². The van der Waals surface area contributed by atoms with Crippen LogP contribution in [0, 0.1) is 16.0 Å². The second-order valence-corrected chi connectivity index (χ2v) is 4.56. The van der Waals surface area contributed by atoms with Gasteiger partial charge in [0.1, 0.15) is 6.33 Å². The van der Waals surface area contributed by atoms with Gasteiger partial charge in [-0.1, -0.05) is 0 Å². The van der Waals surface area contributed by atoms with Gasteiger partial charge in [-0.25, -0.2) is 9.97 Å². The Kier molecular flexibility index (Phi) is 3.28. The fourth-order valence-corrected chi connectivity index (χ4v) is 2.16. The van der Waals surface area contributed by atoms with E-state index in [4.69, 9.17) is 5.73 Å². The zero-order chi connectivity index (χ0) is 13.3. The van der Waals surface area contributed by atoms with E-state index in [1.807, 2.05) is 0 Å². The van der Waals surface area contributed by atoms with E-state index in [1.165, 1.54) is 6.33 Å². The van der Waals surface area contributed by atoms with E-state index in [0.29, 0.717) is 12.5 Å². The van der Waals surface area contributed by atoms with E-state index >= 15 is 0 Å². The fourth-order valence-electron chi connectivity index (χ4n) is 2.16. The van der Waals surface area contributed by atoms with E-state index in [9.17, 15) is 15.2 Å². The highest BCUT2D eigenvalue weighted by molar-refractivity contribution is 5.68. The summed E-state index contributed by atoms with van der Waals surface area (Å²) in [7, 11) is 1.72. The van der Waals surface area contributed by atoms with Gasteiger partial charge in [-0.2, -0.15) is 0 Å². The first-order valence-corrected chi connectivity index (χ1v) is 5.63. The molecule has 1 aliphatic carbocycles. The van der Waals surface area contributed by atoms with Crippen molar-refractivity contribution in [3.63, 3.8) is 0 Å². The average Bonchev–Trinajstić information content (AvgIpc) is 2.26. The molecule has 0 amide bonds. The first-order valence-electron chi connectivity index (χ1n) is 5.63. The maximum absolute atomic E-state index is 10.9. The molecule has 1 aromatic heterocycles. The maximum atomic E-state index is 10.9. The Morgan fingerprint density at radius 3 is 2.83 bits per heavy atom. The molecule has 98 valence electrons. The number of hydrogen-bond donors (Lipinski definition) is 2. The van der Waals surface area contributed by atoms with Crippen LogP contribution in [-0.2, 0) is 0 Å². The molecule has 0 bridgehead atoms. The summed E-state index contributed by atoms with van der Waals surface area (Å²) in [6.07, 6.45) is 2.41. The van der Waals surface area contributed by atoms with Gasteiger partial charge in [0.05, 0.1) is 11.0 Å². The molecular weight excluding hydrogens is 238 g/mol. The standard InChI is InChI=1S/C10H15N5O3/c1-14(4-6-2-7(16)3-6)10-8(15(17)18)9(11)12-5-13-10/h5-7,16H,2-4H2,1H3,(H2,11,12,13). The second kappa shape index (κ2) is 4.73. The van der Waals surface area contributed by atoms with Crippen molar-refractivity contribution in [3.05, 3.63) is 16.4 Å². The molecule has 8 heteroatoms. The zero-order valence-corrected chi connectivity index (χ0v) is 9.98. The summed E-state index contributed by atoms with van der Waals surface area (Å²) in [4.78, 5) is 19.6. The van der Waals surface area contributed by atoms with Crippen LogP contribution in [0.2, 0.25) is 0 Å². The third kappa shape index (κ3) is 2.33. The number of anilines is 2. The van der Waals surface area contributed by atoms with Crippen LogP contribution in [0.3, 0.4) is 0 Å². The van der Waals surface area contributed by atoms with Crippen LogP contribution in [0.15, 0.2) is 6.33 Å². The van der Waals surface area contributed by atoms with E-state index in [-0.39, 0.29) is 23.4 Å². The van der Waals surface area contributed by atoms with E-state index in [2.05, 4.69) is 9.97 Å². The molecule has 3 N–H and O–H groups in total. The number of nitro groups is 1. The van der Waals surface area contributed by atoms with Crippen LogP contribution in [-0.4, -0.2) is 39.7 Å². The lowest BCUT2D eigenvalue weighted by molar-refractivity contribution is -0.383. The van der Waals surface area contributed by atoms with Crippen molar-refractivity contribution in [1.82, 2.24) is 9.97 Å².